The minimum absolute atomic E-state index is 0.00979. The van der Waals surface area contributed by atoms with Crippen LogP contribution in [0.15, 0.2) is 22.9 Å². The van der Waals surface area contributed by atoms with E-state index in [1.54, 1.807) is 6.20 Å². The van der Waals surface area contributed by atoms with E-state index in [0.717, 1.165) is 10.2 Å². The van der Waals surface area contributed by atoms with E-state index in [1.807, 2.05) is 12.1 Å². The summed E-state index contributed by atoms with van der Waals surface area (Å²) in [6.07, 6.45) is 1.75. The number of aromatic nitrogens is 1. The summed E-state index contributed by atoms with van der Waals surface area (Å²) in [5.74, 6) is 0. The first-order valence-corrected chi connectivity index (χ1v) is 5.08. The van der Waals surface area contributed by atoms with E-state index in [-0.39, 0.29) is 11.5 Å². The third-order valence-corrected chi connectivity index (χ3v) is 2.72. The summed E-state index contributed by atoms with van der Waals surface area (Å²) in [6, 6.07) is 3.93. The molecule has 72 valence electrons. The predicted molar refractivity (Wildman–Crippen MR) is 58.3 cm³/mol. The number of hydrogen-bond acceptors (Lipinski definition) is 2. The van der Waals surface area contributed by atoms with Crippen molar-refractivity contribution < 1.29 is 0 Å². The molecule has 0 aliphatic carbocycles. The quantitative estimate of drug-likeness (QED) is 0.770. The molecule has 0 saturated heterocycles. The summed E-state index contributed by atoms with van der Waals surface area (Å²) in [5, 5.41) is 0. The van der Waals surface area contributed by atoms with Gasteiger partial charge < -0.3 is 5.73 Å². The maximum Gasteiger partial charge on any atom is 0.110 e. The number of halogens is 1. The Labute approximate surface area is 87.7 Å². The lowest BCUT2D eigenvalue weighted by Crippen LogP contribution is -2.26. The Morgan fingerprint density at radius 3 is 2.54 bits per heavy atom. The van der Waals surface area contributed by atoms with Crippen LogP contribution in [0.2, 0.25) is 0 Å². The van der Waals surface area contributed by atoms with Crippen LogP contribution < -0.4 is 5.73 Å². The van der Waals surface area contributed by atoms with Crippen LogP contribution in [0.4, 0.5) is 0 Å². The molecule has 0 aliphatic heterocycles. The van der Waals surface area contributed by atoms with Gasteiger partial charge in [0, 0.05) is 17.8 Å². The summed E-state index contributed by atoms with van der Waals surface area (Å²) in [4.78, 5) is 4.15. The Bertz CT molecular complexity index is 291. The van der Waals surface area contributed by atoms with Gasteiger partial charge in [0.2, 0.25) is 0 Å². The fraction of sp³-hybridized carbons (Fsp3) is 0.500. The van der Waals surface area contributed by atoms with Crippen molar-refractivity contribution in [3.63, 3.8) is 0 Å². The van der Waals surface area contributed by atoms with Gasteiger partial charge in [-0.15, -0.1) is 0 Å². The second-order valence-corrected chi connectivity index (χ2v) is 4.98. The third-order valence-electron chi connectivity index (χ3n) is 2.06. The molecule has 1 aromatic rings. The van der Waals surface area contributed by atoms with Crippen LogP contribution in [0.25, 0.3) is 0 Å². The van der Waals surface area contributed by atoms with E-state index < -0.39 is 0 Å². The second kappa shape index (κ2) is 3.76. The van der Waals surface area contributed by atoms with Gasteiger partial charge in [-0.1, -0.05) is 26.8 Å². The second-order valence-electron chi connectivity index (χ2n) is 4.23. The molecule has 0 amide bonds. The van der Waals surface area contributed by atoms with Crippen molar-refractivity contribution in [3.05, 3.63) is 28.5 Å². The molecule has 0 saturated carbocycles. The molecule has 1 atom stereocenters. The van der Waals surface area contributed by atoms with Gasteiger partial charge in [-0.3, -0.25) is 0 Å². The molecule has 2 nitrogen and oxygen atoms in total. The molecule has 1 heterocycles. The van der Waals surface area contributed by atoms with Crippen LogP contribution in [0.1, 0.15) is 32.4 Å². The largest absolute Gasteiger partial charge is 0.323 e. The lowest BCUT2D eigenvalue weighted by atomic mass is 9.84. The highest BCUT2D eigenvalue weighted by Crippen LogP contribution is 2.33. The molecular formula is C10H15BrN2. The highest BCUT2D eigenvalue weighted by atomic mass is 79.9. The molecule has 1 aromatic heterocycles. The molecule has 0 aliphatic rings. The van der Waals surface area contributed by atoms with Gasteiger partial charge in [-0.05, 0) is 27.4 Å². The Morgan fingerprint density at radius 2 is 2.08 bits per heavy atom. The van der Waals surface area contributed by atoms with Crippen molar-refractivity contribution in [2.45, 2.75) is 26.8 Å². The topological polar surface area (TPSA) is 38.9 Å². The number of pyridine rings is 1. The normalized spacial score (nSPS) is 14.2. The maximum absolute atomic E-state index is 6.10. The molecule has 0 spiro atoms. The van der Waals surface area contributed by atoms with Crippen LogP contribution in [0, 0.1) is 5.41 Å². The Hall–Kier alpha value is -0.410. The van der Waals surface area contributed by atoms with Crippen LogP contribution >= 0.6 is 15.9 Å². The fourth-order valence-electron chi connectivity index (χ4n) is 1.10. The maximum atomic E-state index is 6.10. The van der Waals surface area contributed by atoms with E-state index in [2.05, 4.69) is 41.7 Å². The van der Waals surface area contributed by atoms with Crippen molar-refractivity contribution in [1.29, 1.82) is 0 Å². The lowest BCUT2D eigenvalue weighted by molar-refractivity contribution is 0.325. The number of nitrogens with zero attached hydrogens (tertiary/aromatic N) is 1. The summed E-state index contributed by atoms with van der Waals surface area (Å²) in [5.41, 5.74) is 7.23. The van der Waals surface area contributed by atoms with E-state index in [1.165, 1.54) is 0 Å². The van der Waals surface area contributed by atoms with Crippen LogP contribution in [0.5, 0.6) is 0 Å². The van der Waals surface area contributed by atoms with Gasteiger partial charge in [0.25, 0.3) is 0 Å². The van der Waals surface area contributed by atoms with Crippen molar-refractivity contribution >= 4 is 15.9 Å². The van der Waals surface area contributed by atoms with E-state index in [4.69, 9.17) is 5.73 Å². The lowest BCUT2D eigenvalue weighted by Gasteiger charge is -2.27. The first-order valence-electron chi connectivity index (χ1n) is 4.29. The van der Waals surface area contributed by atoms with Crippen molar-refractivity contribution in [2.24, 2.45) is 11.1 Å². The molecule has 0 fully saturated rings. The van der Waals surface area contributed by atoms with E-state index >= 15 is 0 Å². The first-order chi connectivity index (χ1) is 5.93. The molecule has 1 rings (SSSR count). The van der Waals surface area contributed by atoms with Crippen molar-refractivity contribution in [3.8, 4) is 0 Å². The average Bonchev–Trinajstić information content (AvgIpc) is 2.02. The van der Waals surface area contributed by atoms with Crippen LogP contribution in [0.3, 0.4) is 0 Å². The van der Waals surface area contributed by atoms with Crippen LogP contribution in [-0.4, -0.2) is 4.98 Å². The third kappa shape index (κ3) is 2.51. The molecule has 2 N–H and O–H groups in total. The van der Waals surface area contributed by atoms with Gasteiger partial charge in [0.05, 0.1) is 0 Å². The Kier molecular flexibility index (Phi) is 3.09. The molecule has 0 bridgehead atoms. The summed E-state index contributed by atoms with van der Waals surface area (Å²) >= 11 is 3.40. The molecule has 0 unspecified atom stereocenters. The molecule has 13 heavy (non-hydrogen) atoms. The predicted octanol–water partition coefficient (Wildman–Crippen LogP) is 2.89. The smallest absolute Gasteiger partial charge is 0.110 e. The van der Waals surface area contributed by atoms with Gasteiger partial charge in [0.1, 0.15) is 4.60 Å². The summed E-state index contributed by atoms with van der Waals surface area (Å²) < 4.78 is 0.845. The van der Waals surface area contributed by atoms with Gasteiger partial charge >= 0.3 is 0 Å². The van der Waals surface area contributed by atoms with Gasteiger partial charge in [-0.25, -0.2) is 4.98 Å². The Morgan fingerprint density at radius 1 is 1.46 bits per heavy atom. The number of hydrogen-bond donors (Lipinski definition) is 1. The minimum atomic E-state index is 0.00979. The standard InChI is InChI=1S/C10H15BrN2/c1-10(2,3)8(12)7-5-4-6-13-9(7)11/h4-6,8H,12H2,1-3H3/t8-/m1/s1. The van der Waals surface area contributed by atoms with Gasteiger partial charge in [0.15, 0.2) is 0 Å². The minimum Gasteiger partial charge on any atom is -0.323 e. The summed E-state index contributed by atoms with van der Waals surface area (Å²) in [6.45, 7) is 6.37. The fourth-order valence-corrected chi connectivity index (χ4v) is 1.59. The number of nitrogens with two attached hydrogens (primary N) is 1. The first kappa shape index (κ1) is 10.7. The van der Waals surface area contributed by atoms with Crippen LogP contribution in [-0.2, 0) is 0 Å². The van der Waals surface area contributed by atoms with Crippen molar-refractivity contribution in [1.82, 2.24) is 4.98 Å². The zero-order valence-corrected chi connectivity index (χ0v) is 9.80. The molecule has 0 aromatic carbocycles. The molecule has 3 heteroatoms. The Balaban J connectivity index is 3.02. The van der Waals surface area contributed by atoms with E-state index in [9.17, 15) is 0 Å². The van der Waals surface area contributed by atoms with Crippen molar-refractivity contribution in [2.75, 3.05) is 0 Å². The SMILES string of the molecule is CC(C)(C)[C@H](N)c1cccnc1Br. The van der Waals surface area contributed by atoms with Gasteiger partial charge in [-0.2, -0.15) is 0 Å². The zero-order valence-electron chi connectivity index (χ0n) is 8.21. The molecule has 0 radical (unpaired) electrons. The highest BCUT2D eigenvalue weighted by Gasteiger charge is 2.23. The number of rotatable bonds is 1. The highest BCUT2D eigenvalue weighted by molar-refractivity contribution is 9.10. The van der Waals surface area contributed by atoms with E-state index in [0.29, 0.717) is 0 Å². The molecular weight excluding hydrogens is 228 g/mol. The average molecular weight is 243 g/mol. The zero-order chi connectivity index (χ0) is 10.1. The summed E-state index contributed by atoms with van der Waals surface area (Å²) in [7, 11) is 0. The monoisotopic (exact) mass is 242 g/mol.